The van der Waals surface area contributed by atoms with Gasteiger partial charge in [-0.1, -0.05) is 44.2 Å². The van der Waals surface area contributed by atoms with Crippen LogP contribution < -0.4 is 0 Å². The summed E-state index contributed by atoms with van der Waals surface area (Å²) in [6.45, 7) is 4.63. The third kappa shape index (κ3) is 3.33. The van der Waals surface area contributed by atoms with E-state index in [0.29, 0.717) is 12.5 Å². The van der Waals surface area contributed by atoms with Gasteiger partial charge in [-0.3, -0.25) is 0 Å². The summed E-state index contributed by atoms with van der Waals surface area (Å²) in [6, 6.07) is 10.1. The number of aliphatic hydroxyl groups excluding tert-OH is 1. The summed E-state index contributed by atoms with van der Waals surface area (Å²) >= 11 is 0. The van der Waals surface area contributed by atoms with Crippen molar-refractivity contribution in [1.82, 2.24) is 0 Å². The standard InChI is InChI=1S/C13H20O2/c1-10(2)13(12(14)9-15-3)11-7-5-4-6-8-11/h4-8,10,12-14H,9H2,1-3H3/t12-,13-/m1/s1. The maximum absolute atomic E-state index is 10.0. The number of methoxy groups -OCH3 is 1. The summed E-state index contributed by atoms with van der Waals surface area (Å²) in [5.41, 5.74) is 1.18. The summed E-state index contributed by atoms with van der Waals surface area (Å²) in [7, 11) is 1.62. The van der Waals surface area contributed by atoms with Crippen LogP contribution in [0.25, 0.3) is 0 Å². The van der Waals surface area contributed by atoms with E-state index < -0.39 is 6.10 Å². The first-order valence-electron chi connectivity index (χ1n) is 5.38. The van der Waals surface area contributed by atoms with Crippen molar-refractivity contribution in [1.29, 1.82) is 0 Å². The van der Waals surface area contributed by atoms with E-state index in [1.54, 1.807) is 7.11 Å². The van der Waals surface area contributed by atoms with E-state index in [9.17, 15) is 5.11 Å². The Bertz CT molecular complexity index is 269. The van der Waals surface area contributed by atoms with Gasteiger partial charge in [0.2, 0.25) is 0 Å². The van der Waals surface area contributed by atoms with Gasteiger partial charge >= 0.3 is 0 Å². The summed E-state index contributed by atoms with van der Waals surface area (Å²) in [5.74, 6) is 0.545. The molecule has 0 unspecified atom stereocenters. The molecule has 0 aliphatic rings. The highest BCUT2D eigenvalue weighted by Crippen LogP contribution is 2.27. The third-order valence-corrected chi connectivity index (χ3v) is 2.65. The van der Waals surface area contributed by atoms with Crippen molar-refractivity contribution in [2.75, 3.05) is 13.7 Å². The normalized spacial score (nSPS) is 15.3. The minimum atomic E-state index is -0.433. The minimum Gasteiger partial charge on any atom is -0.390 e. The molecular formula is C13H20O2. The van der Waals surface area contributed by atoms with Gasteiger partial charge in [-0.05, 0) is 11.5 Å². The van der Waals surface area contributed by atoms with Gasteiger partial charge in [-0.2, -0.15) is 0 Å². The van der Waals surface area contributed by atoms with Crippen LogP contribution in [-0.4, -0.2) is 24.9 Å². The van der Waals surface area contributed by atoms with Crippen molar-refractivity contribution < 1.29 is 9.84 Å². The van der Waals surface area contributed by atoms with Crippen LogP contribution >= 0.6 is 0 Å². The molecule has 84 valence electrons. The Balaban J connectivity index is 2.83. The molecule has 0 heterocycles. The van der Waals surface area contributed by atoms with E-state index in [1.807, 2.05) is 18.2 Å². The number of ether oxygens (including phenoxy) is 1. The molecular weight excluding hydrogens is 188 g/mol. The number of aliphatic hydroxyl groups is 1. The summed E-state index contributed by atoms with van der Waals surface area (Å²) in [6.07, 6.45) is -0.433. The Hall–Kier alpha value is -0.860. The Morgan fingerprint density at radius 2 is 1.80 bits per heavy atom. The third-order valence-electron chi connectivity index (χ3n) is 2.65. The zero-order valence-electron chi connectivity index (χ0n) is 9.68. The van der Waals surface area contributed by atoms with Gasteiger partial charge in [0.15, 0.2) is 0 Å². The molecule has 2 nitrogen and oxygen atoms in total. The molecule has 1 N–H and O–H groups in total. The maximum atomic E-state index is 10.0. The predicted octanol–water partition coefficient (Wildman–Crippen LogP) is 2.43. The van der Waals surface area contributed by atoms with Crippen LogP contribution in [0.4, 0.5) is 0 Å². The fourth-order valence-corrected chi connectivity index (χ4v) is 2.00. The molecule has 2 heteroatoms. The maximum Gasteiger partial charge on any atom is 0.0844 e. The largest absolute Gasteiger partial charge is 0.390 e. The number of hydrogen-bond donors (Lipinski definition) is 1. The lowest BCUT2D eigenvalue weighted by molar-refractivity contribution is 0.0358. The van der Waals surface area contributed by atoms with Crippen molar-refractivity contribution >= 4 is 0 Å². The molecule has 0 saturated heterocycles. The van der Waals surface area contributed by atoms with Crippen LogP contribution in [-0.2, 0) is 4.74 Å². The molecule has 1 aromatic carbocycles. The monoisotopic (exact) mass is 208 g/mol. The Labute approximate surface area is 91.9 Å². The highest BCUT2D eigenvalue weighted by Gasteiger charge is 2.23. The fourth-order valence-electron chi connectivity index (χ4n) is 2.00. The zero-order valence-corrected chi connectivity index (χ0v) is 9.68. The van der Waals surface area contributed by atoms with Crippen molar-refractivity contribution in [3.63, 3.8) is 0 Å². The van der Waals surface area contributed by atoms with Gasteiger partial charge in [0.1, 0.15) is 0 Å². The van der Waals surface area contributed by atoms with Crippen LogP contribution in [0.3, 0.4) is 0 Å². The molecule has 15 heavy (non-hydrogen) atoms. The van der Waals surface area contributed by atoms with E-state index >= 15 is 0 Å². The second kappa shape index (κ2) is 5.89. The highest BCUT2D eigenvalue weighted by molar-refractivity contribution is 5.21. The molecule has 2 atom stereocenters. The first kappa shape index (κ1) is 12.2. The molecule has 1 aromatic rings. The van der Waals surface area contributed by atoms with Crippen LogP contribution in [0.1, 0.15) is 25.3 Å². The Morgan fingerprint density at radius 1 is 1.20 bits per heavy atom. The second-order valence-corrected chi connectivity index (χ2v) is 4.20. The van der Waals surface area contributed by atoms with Gasteiger partial charge in [0.05, 0.1) is 12.7 Å². The molecule has 0 radical (unpaired) electrons. The van der Waals surface area contributed by atoms with E-state index in [4.69, 9.17) is 4.74 Å². The van der Waals surface area contributed by atoms with Crippen LogP contribution in [0.15, 0.2) is 30.3 Å². The molecule has 0 bridgehead atoms. The summed E-state index contributed by atoms with van der Waals surface area (Å²) in [4.78, 5) is 0. The average molecular weight is 208 g/mol. The average Bonchev–Trinajstić information content (AvgIpc) is 2.19. The van der Waals surface area contributed by atoms with Gasteiger partial charge in [-0.25, -0.2) is 0 Å². The first-order chi connectivity index (χ1) is 7.16. The molecule has 0 aromatic heterocycles. The van der Waals surface area contributed by atoms with Crippen molar-refractivity contribution in [2.45, 2.75) is 25.9 Å². The molecule has 0 aliphatic carbocycles. The molecule has 0 saturated carbocycles. The number of benzene rings is 1. The minimum absolute atomic E-state index is 0.145. The molecule has 0 aliphatic heterocycles. The smallest absolute Gasteiger partial charge is 0.0844 e. The SMILES string of the molecule is COC[C@@H](O)[C@@H](c1ccccc1)C(C)C. The Kier molecular flexibility index (Phi) is 4.79. The van der Waals surface area contributed by atoms with Gasteiger partial charge in [-0.15, -0.1) is 0 Å². The van der Waals surface area contributed by atoms with Gasteiger partial charge in [0, 0.05) is 13.0 Å². The van der Waals surface area contributed by atoms with E-state index in [2.05, 4.69) is 26.0 Å². The van der Waals surface area contributed by atoms with E-state index in [0.717, 1.165) is 0 Å². The lowest BCUT2D eigenvalue weighted by Gasteiger charge is -2.26. The van der Waals surface area contributed by atoms with Crippen molar-refractivity contribution in [3.8, 4) is 0 Å². The second-order valence-electron chi connectivity index (χ2n) is 4.20. The van der Waals surface area contributed by atoms with Gasteiger partial charge in [0.25, 0.3) is 0 Å². The molecule has 1 rings (SSSR count). The van der Waals surface area contributed by atoms with E-state index in [1.165, 1.54) is 5.56 Å². The van der Waals surface area contributed by atoms with Crippen molar-refractivity contribution in [2.24, 2.45) is 5.92 Å². The first-order valence-corrected chi connectivity index (χ1v) is 5.38. The molecule has 0 amide bonds. The van der Waals surface area contributed by atoms with Gasteiger partial charge < -0.3 is 9.84 Å². The van der Waals surface area contributed by atoms with Crippen LogP contribution in [0.5, 0.6) is 0 Å². The van der Waals surface area contributed by atoms with E-state index in [-0.39, 0.29) is 5.92 Å². The molecule has 0 fully saturated rings. The number of hydrogen-bond acceptors (Lipinski definition) is 2. The summed E-state index contributed by atoms with van der Waals surface area (Å²) in [5, 5.41) is 10.0. The van der Waals surface area contributed by atoms with Crippen LogP contribution in [0.2, 0.25) is 0 Å². The fraction of sp³-hybridized carbons (Fsp3) is 0.538. The predicted molar refractivity (Wildman–Crippen MR) is 61.9 cm³/mol. The lowest BCUT2D eigenvalue weighted by Crippen LogP contribution is -2.27. The van der Waals surface area contributed by atoms with Crippen LogP contribution in [0, 0.1) is 5.92 Å². The van der Waals surface area contributed by atoms with Crippen molar-refractivity contribution in [3.05, 3.63) is 35.9 Å². The quantitative estimate of drug-likeness (QED) is 0.805. The highest BCUT2D eigenvalue weighted by atomic mass is 16.5. The zero-order chi connectivity index (χ0) is 11.3. The topological polar surface area (TPSA) is 29.5 Å². The molecule has 0 spiro atoms. The Morgan fingerprint density at radius 3 is 2.27 bits per heavy atom. The number of rotatable bonds is 5. The summed E-state index contributed by atoms with van der Waals surface area (Å²) < 4.78 is 5.01. The lowest BCUT2D eigenvalue weighted by atomic mass is 9.84.